The minimum atomic E-state index is -1.03. The molecule has 0 aliphatic heterocycles. The van der Waals surface area contributed by atoms with Crippen LogP contribution in [-0.4, -0.2) is 37.4 Å². The summed E-state index contributed by atoms with van der Waals surface area (Å²) in [6.07, 6.45) is -0.286. The maximum atomic E-state index is 12.1. The number of benzene rings is 2. The first-order chi connectivity index (χ1) is 12.5. The highest BCUT2D eigenvalue weighted by Gasteiger charge is 2.22. The van der Waals surface area contributed by atoms with Crippen molar-refractivity contribution in [3.05, 3.63) is 54.6 Å². The van der Waals surface area contributed by atoms with Crippen molar-refractivity contribution in [2.45, 2.75) is 12.5 Å². The number of carbonyl (C=O) groups is 3. The zero-order valence-electron chi connectivity index (χ0n) is 14.4. The SMILES string of the molecule is CNC(=O)[C@H](CC(N)=O)NC(=O)COc1ccccc1-c1ccccc1. The van der Waals surface area contributed by atoms with Crippen molar-refractivity contribution >= 4 is 17.7 Å². The molecule has 0 unspecified atom stereocenters. The van der Waals surface area contributed by atoms with E-state index in [1.54, 1.807) is 12.1 Å². The van der Waals surface area contributed by atoms with E-state index in [-0.39, 0.29) is 13.0 Å². The van der Waals surface area contributed by atoms with Crippen molar-refractivity contribution < 1.29 is 19.1 Å². The van der Waals surface area contributed by atoms with E-state index in [0.717, 1.165) is 11.1 Å². The molecule has 7 nitrogen and oxygen atoms in total. The van der Waals surface area contributed by atoms with Gasteiger partial charge in [-0.3, -0.25) is 14.4 Å². The first kappa shape index (κ1) is 19.0. The Balaban J connectivity index is 2.03. The molecule has 0 radical (unpaired) electrons. The Morgan fingerprint density at radius 1 is 1.04 bits per heavy atom. The molecule has 2 aromatic rings. The highest BCUT2D eigenvalue weighted by atomic mass is 16.5. The van der Waals surface area contributed by atoms with E-state index >= 15 is 0 Å². The van der Waals surface area contributed by atoms with E-state index in [1.807, 2.05) is 42.5 Å². The number of para-hydroxylation sites is 1. The van der Waals surface area contributed by atoms with Gasteiger partial charge in [0.2, 0.25) is 11.8 Å². The van der Waals surface area contributed by atoms with Crippen LogP contribution in [0, 0.1) is 0 Å². The minimum absolute atomic E-state index is 0.286. The Morgan fingerprint density at radius 3 is 2.35 bits per heavy atom. The maximum absolute atomic E-state index is 12.1. The fourth-order valence-corrected chi connectivity index (χ4v) is 2.41. The molecule has 1 atom stereocenters. The molecule has 2 rings (SSSR count). The van der Waals surface area contributed by atoms with Gasteiger partial charge in [-0.2, -0.15) is 0 Å². The van der Waals surface area contributed by atoms with Crippen LogP contribution >= 0.6 is 0 Å². The molecule has 0 aliphatic carbocycles. The molecule has 0 saturated heterocycles. The largest absolute Gasteiger partial charge is 0.483 e. The van der Waals surface area contributed by atoms with Crippen LogP contribution in [0.4, 0.5) is 0 Å². The number of amides is 3. The van der Waals surface area contributed by atoms with Gasteiger partial charge in [0.05, 0.1) is 6.42 Å². The van der Waals surface area contributed by atoms with Gasteiger partial charge in [0.15, 0.2) is 6.61 Å². The van der Waals surface area contributed by atoms with Crippen LogP contribution in [0.25, 0.3) is 11.1 Å². The fourth-order valence-electron chi connectivity index (χ4n) is 2.41. The quantitative estimate of drug-likeness (QED) is 0.651. The number of primary amides is 1. The van der Waals surface area contributed by atoms with Crippen LogP contribution in [0.5, 0.6) is 5.75 Å². The summed E-state index contributed by atoms with van der Waals surface area (Å²) < 4.78 is 5.61. The molecule has 136 valence electrons. The highest BCUT2D eigenvalue weighted by Crippen LogP contribution is 2.29. The molecular formula is C19H21N3O4. The number of ether oxygens (including phenoxy) is 1. The molecular weight excluding hydrogens is 334 g/mol. The summed E-state index contributed by atoms with van der Waals surface area (Å²) in [5.74, 6) is -1.17. The lowest BCUT2D eigenvalue weighted by atomic mass is 10.1. The lowest BCUT2D eigenvalue weighted by Crippen LogP contribution is -2.48. The second-order valence-corrected chi connectivity index (χ2v) is 5.56. The van der Waals surface area contributed by atoms with E-state index in [2.05, 4.69) is 10.6 Å². The lowest BCUT2D eigenvalue weighted by Gasteiger charge is -2.16. The molecule has 4 N–H and O–H groups in total. The average Bonchev–Trinajstić information content (AvgIpc) is 2.65. The zero-order valence-corrected chi connectivity index (χ0v) is 14.4. The smallest absolute Gasteiger partial charge is 0.258 e. The van der Waals surface area contributed by atoms with Crippen LogP contribution in [-0.2, 0) is 14.4 Å². The molecule has 2 aromatic carbocycles. The van der Waals surface area contributed by atoms with Crippen molar-refractivity contribution in [2.75, 3.05) is 13.7 Å². The van der Waals surface area contributed by atoms with E-state index < -0.39 is 23.8 Å². The van der Waals surface area contributed by atoms with Crippen molar-refractivity contribution in [3.8, 4) is 16.9 Å². The summed E-state index contributed by atoms with van der Waals surface area (Å²) in [5.41, 5.74) is 6.92. The molecule has 0 saturated carbocycles. The third kappa shape index (κ3) is 5.34. The molecule has 0 spiro atoms. The van der Waals surface area contributed by atoms with Gasteiger partial charge in [0, 0.05) is 12.6 Å². The normalized spacial score (nSPS) is 11.3. The number of rotatable bonds is 8. The molecule has 26 heavy (non-hydrogen) atoms. The monoisotopic (exact) mass is 355 g/mol. The standard InChI is InChI=1S/C19H21N3O4/c1-21-19(25)15(11-17(20)23)22-18(24)12-26-16-10-6-5-9-14(16)13-7-3-2-4-8-13/h2-10,15H,11-12H2,1H3,(H2,20,23)(H,21,25)(H,22,24)/t15-/m0/s1. The number of nitrogens with one attached hydrogen (secondary N) is 2. The summed E-state index contributed by atoms with van der Waals surface area (Å²) >= 11 is 0. The number of hydrogen-bond acceptors (Lipinski definition) is 4. The first-order valence-corrected chi connectivity index (χ1v) is 8.07. The van der Waals surface area contributed by atoms with E-state index in [0.29, 0.717) is 5.75 Å². The predicted octanol–water partition coefficient (Wildman–Crippen LogP) is 0.839. The Bertz CT molecular complexity index is 777. The van der Waals surface area contributed by atoms with E-state index in [1.165, 1.54) is 7.05 Å². The van der Waals surface area contributed by atoms with Crippen molar-refractivity contribution in [2.24, 2.45) is 5.73 Å². The van der Waals surface area contributed by atoms with Crippen LogP contribution in [0.2, 0.25) is 0 Å². The van der Waals surface area contributed by atoms with Gasteiger partial charge in [-0.15, -0.1) is 0 Å². The van der Waals surface area contributed by atoms with Crippen LogP contribution < -0.4 is 21.1 Å². The van der Waals surface area contributed by atoms with Crippen LogP contribution in [0.15, 0.2) is 54.6 Å². The Labute approximate surface area is 151 Å². The van der Waals surface area contributed by atoms with E-state index in [9.17, 15) is 14.4 Å². The zero-order chi connectivity index (χ0) is 18.9. The number of nitrogens with two attached hydrogens (primary N) is 1. The molecule has 3 amide bonds. The summed E-state index contributed by atoms with van der Waals surface area (Å²) in [6.45, 7) is -0.296. The average molecular weight is 355 g/mol. The predicted molar refractivity (Wildman–Crippen MR) is 97.2 cm³/mol. The van der Waals surface area contributed by atoms with Crippen LogP contribution in [0.3, 0.4) is 0 Å². The molecule has 0 fully saturated rings. The third-order valence-corrected chi connectivity index (χ3v) is 3.63. The molecule has 7 heteroatoms. The van der Waals surface area contributed by atoms with Gasteiger partial charge < -0.3 is 21.1 Å². The molecule has 0 heterocycles. The summed E-state index contributed by atoms with van der Waals surface area (Å²) in [7, 11) is 1.41. The van der Waals surface area contributed by atoms with E-state index in [4.69, 9.17) is 10.5 Å². The number of hydrogen-bond donors (Lipinski definition) is 3. The second kappa shape index (κ2) is 9.22. The summed E-state index contributed by atoms with van der Waals surface area (Å²) in [5, 5.41) is 4.83. The van der Waals surface area contributed by atoms with Gasteiger partial charge in [-0.05, 0) is 11.6 Å². The molecule has 0 aromatic heterocycles. The maximum Gasteiger partial charge on any atom is 0.258 e. The van der Waals surface area contributed by atoms with Crippen molar-refractivity contribution in [1.82, 2.24) is 10.6 Å². The lowest BCUT2D eigenvalue weighted by molar-refractivity contribution is -0.131. The number of likely N-dealkylation sites (N-methyl/N-ethyl adjacent to an activating group) is 1. The minimum Gasteiger partial charge on any atom is -0.483 e. The highest BCUT2D eigenvalue weighted by molar-refractivity contribution is 5.91. The summed E-state index contributed by atoms with van der Waals surface area (Å²) in [4.78, 5) is 34.9. The van der Waals surface area contributed by atoms with Crippen molar-refractivity contribution in [3.63, 3.8) is 0 Å². The van der Waals surface area contributed by atoms with Crippen molar-refractivity contribution in [1.29, 1.82) is 0 Å². The van der Waals surface area contributed by atoms with Gasteiger partial charge in [-0.25, -0.2) is 0 Å². The van der Waals surface area contributed by atoms with Crippen LogP contribution in [0.1, 0.15) is 6.42 Å². The van der Waals surface area contributed by atoms with Gasteiger partial charge >= 0.3 is 0 Å². The third-order valence-electron chi connectivity index (χ3n) is 3.63. The van der Waals surface area contributed by atoms with Gasteiger partial charge in [0.1, 0.15) is 11.8 Å². The Morgan fingerprint density at radius 2 is 1.69 bits per heavy atom. The Hall–Kier alpha value is -3.35. The molecule has 0 bridgehead atoms. The topological polar surface area (TPSA) is 111 Å². The summed E-state index contributed by atoms with van der Waals surface area (Å²) in [6, 6.07) is 15.9. The van der Waals surface area contributed by atoms with Gasteiger partial charge in [0.25, 0.3) is 5.91 Å². The second-order valence-electron chi connectivity index (χ2n) is 5.56. The fraction of sp³-hybridized carbons (Fsp3) is 0.211. The Kier molecular flexibility index (Phi) is 6.73. The van der Waals surface area contributed by atoms with Gasteiger partial charge in [-0.1, -0.05) is 48.5 Å². The number of carbonyl (C=O) groups excluding carboxylic acids is 3. The molecule has 0 aliphatic rings. The first-order valence-electron chi connectivity index (χ1n) is 8.07.